The van der Waals surface area contributed by atoms with Crippen LogP contribution in [0, 0.1) is 0 Å². The van der Waals surface area contributed by atoms with Crippen molar-refractivity contribution in [2.75, 3.05) is 53.3 Å². The Morgan fingerprint density at radius 3 is 2.02 bits per heavy atom. The number of methoxy groups -OCH3 is 1. The van der Waals surface area contributed by atoms with Crippen LogP contribution in [0.4, 0.5) is 4.79 Å². The van der Waals surface area contributed by atoms with Crippen molar-refractivity contribution >= 4 is 26.9 Å². The summed E-state index contributed by atoms with van der Waals surface area (Å²) in [5.74, 6) is 0.938. The zero-order valence-corrected chi connectivity index (χ0v) is 27.4. The van der Waals surface area contributed by atoms with Gasteiger partial charge in [-0.3, -0.25) is 0 Å². The molecule has 0 atom stereocenters. The lowest BCUT2D eigenvalue weighted by Crippen LogP contribution is -2.46. The Hall–Kier alpha value is -2.60. The van der Waals surface area contributed by atoms with E-state index in [1.54, 1.807) is 6.08 Å². The summed E-state index contributed by atoms with van der Waals surface area (Å²) in [6.45, 7) is 11.5. The predicted molar refractivity (Wildman–Crippen MR) is 166 cm³/mol. The zero-order chi connectivity index (χ0) is 30.9. The average Bonchev–Trinajstić information content (AvgIpc) is 2.98. The smallest absolute Gasteiger partial charge is 0.490 e. The number of amides is 1. The second kappa shape index (κ2) is 23.9. The lowest BCUT2D eigenvalue weighted by Gasteiger charge is -2.28. The second-order valence-electron chi connectivity index (χ2n) is 9.53. The highest BCUT2D eigenvalue weighted by Gasteiger charge is 2.39. The molecule has 0 radical (unpaired) electrons. The third-order valence-corrected chi connectivity index (χ3v) is 9.29. The molecule has 1 aromatic carbocycles. The van der Waals surface area contributed by atoms with E-state index in [9.17, 15) is 9.59 Å². The van der Waals surface area contributed by atoms with Gasteiger partial charge in [0.15, 0.2) is 11.5 Å². The highest BCUT2D eigenvalue weighted by Crippen LogP contribution is 2.29. The van der Waals surface area contributed by atoms with E-state index in [0.29, 0.717) is 70.1 Å². The minimum absolute atomic E-state index is 0.368. The number of hydrogen-bond acceptors (Lipinski definition) is 9. The number of unbranched alkanes of at least 4 members (excludes halogenated alkanes) is 5. The molecule has 0 fully saturated rings. The van der Waals surface area contributed by atoms with Gasteiger partial charge in [0.25, 0.3) is 0 Å². The molecule has 0 unspecified atom stereocenters. The van der Waals surface area contributed by atoms with Crippen molar-refractivity contribution in [1.82, 2.24) is 5.32 Å². The normalized spacial score (nSPS) is 11.5. The standard InChI is InChI=1S/C31H53NO9Si/c1-6-10-13-22-36-28-19-17-27(18-20-30(33)35-5)26-29(28)37-23-14-11-12-15-24-38-31(34)32-21-16-25-42(39-7-2,40-8-3)41-9-4/h17-20,26H,6-16,21-25H2,1-5H3,(H,32,34)/b20-18+. The number of nitrogens with one attached hydrogen (secondary N) is 1. The van der Waals surface area contributed by atoms with Crippen LogP contribution in [0.15, 0.2) is 24.3 Å². The van der Waals surface area contributed by atoms with E-state index in [2.05, 4.69) is 17.0 Å². The summed E-state index contributed by atoms with van der Waals surface area (Å²) >= 11 is 0. The molecule has 0 saturated heterocycles. The molecule has 10 nitrogen and oxygen atoms in total. The first kappa shape index (κ1) is 37.4. The Balaban J connectivity index is 2.33. The molecule has 1 aromatic rings. The predicted octanol–water partition coefficient (Wildman–Crippen LogP) is 6.55. The maximum absolute atomic E-state index is 12.0. The van der Waals surface area contributed by atoms with Crippen LogP contribution in [0.5, 0.6) is 11.5 Å². The van der Waals surface area contributed by atoms with E-state index < -0.39 is 20.9 Å². The zero-order valence-electron chi connectivity index (χ0n) is 26.4. The van der Waals surface area contributed by atoms with Crippen molar-refractivity contribution in [3.05, 3.63) is 29.8 Å². The summed E-state index contributed by atoms with van der Waals surface area (Å²) in [7, 11) is -1.34. The molecular weight excluding hydrogens is 558 g/mol. The topological polar surface area (TPSA) is 111 Å². The molecule has 11 heteroatoms. The highest BCUT2D eigenvalue weighted by molar-refractivity contribution is 6.60. The lowest BCUT2D eigenvalue weighted by atomic mass is 10.2. The molecule has 0 aliphatic carbocycles. The van der Waals surface area contributed by atoms with Gasteiger partial charge in [0, 0.05) is 38.5 Å². The van der Waals surface area contributed by atoms with Gasteiger partial charge >= 0.3 is 20.9 Å². The maximum atomic E-state index is 12.0. The quantitative estimate of drug-likeness (QED) is 0.0570. The average molecular weight is 612 g/mol. The largest absolute Gasteiger partial charge is 0.500 e. The van der Waals surface area contributed by atoms with Gasteiger partial charge in [-0.15, -0.1) is 0 Å². The molecule has 0 heterocycles. The molecular formula is C31H53NO9Si. The molecule has 42 heavy (non-hydrogen) atoms. The third kappa shape index (κ3) is 16.7. The first-order valence-corrected chi connectivity index (χ1v) is 17.3. The highest BCUT2D eigenvalue weighted by atomic mass is 28.4. The Kier molecular flexibility index (Phi) is 21.3. The molecule has 0 bridgehead atoms. The molecule has 0 saturated carbocycles. The lowest BCUT2D eigenvalue weighted by molar-refractivity contribution is -0.134. The maximum Gasteiger partial charge on any atom is 0.500 e. The fourth-order valence-corrected chi connectivity index (χ4v) is 6.69. The number of ether oxygens (including phenoxy) is 4. The van der Waals surface area contributed by atoms with Crippen molar-refractivity contribution in [3.8, 4) is 11.5 Å². The number of rotatable bonds is 25. The summed E-state index contributed by atoms with van der Waals surface area (Å²) < 4.78 is 39.5. The third-order valence-electron chi connectivity index (χ3n) is 6.14. The van der Waals surface area contributed by atoms with Crippen LogP contribution in [0.2, 0.25) is 6.04 Å². The van der Waals surface area contributed by atoms with E-state index in [0.717, 1.165) is 50.5 Å². The second-order valence-corrected chi connectivity index (χ2v) is 12.3. The number of carbonyl (C=O) groups excluding carboxylic acids is 2. The molecule has 0 aliphatic heterocycles. The van der Waals surface area contributed by atoms with Crippen LogP contribution in [0.1, 0.15) is 84.6 Å². The molecule has 0 aromatic heterocycles. The Morgan fingerprint density at radius 2 is 1.40 bits per heavy atom. The minimum atomic E-state index is -2.69. The first-order valence-electron chi connectivity index (χ1n) is 15.4. The van der Waals surface area contributed by atoms with Crippen molar-refractivity contribution in [3.63, 3.8) is 0 Å². The summed E-state index contributed by atoms with van der Waals surface area (Å²) in [6, 6.07) is 6.27. The minimum Gasteiger partial charge on any atom is -0.490 e. The number of benzene rings is 1. The van der Waals surface area contributed by atoms with Crippen molar-refractivity contribution in [1.29, 1.82) is 0 Å². The van der Waals surface area contributed by atoms with E-state index >= 15 is 0 Å². The van der Waals surface area contributed by atoms with Gasteiger partial charge in [0.05, 0.1) is 26.9 Å². The number of esters is 1. The van der Waals surface area contributed by atoms with E-state index in [1.807, 2.05) is 39.0 Å². The van der Waals surface area contributed by atoms with Crippen molar-refractivity contribution in [2.24, 2.45) is 0 Å². The number of hydrogen-bond donors (Lipinski definition) is 1. The van der Waals surface area contributed by atoms with Gasteiger partial charge in [-0.25, -0.2) is 9.59 Å². The number of carbonyl (C=O) groups is 2. The van der Waals surface area contributed by atoms with E-state index in [-0.39, 0.29) is 0 Å². The Morgan fingerprint density at radius 1 is 0.786 bits per heavy atom. The Labute approximate surface area is 253 Å². The molecule has 1 rings (SSSR count). The SMILES string of the molecule is CCCCCOc1ccc(/C=C/C(=O)OC)cc1OCCCCCCOC(=O)NCCC[Si](OCC)(OCC)OCC. The summed E-state index contributed by atoms with van der Waals surface area (Å²) in [5.41, 5.74) is 0.825. The van der Waals surface area contributed by atoms with Gasteiger partial charge < -0.3 is 37.5 Å². The van der Waals surface area contributed by atoms with Gasteiger partial charge in [-0.05, 0) is 83.1 Å². The van der Waals surface area contributed by atoms with E-state index in [1.165, 1.54) is 13.2 Å². The van der Waals surface area contributed by atoms with E-state index in [4.69, 9.17) is 27.5 Å². The van der Waals surface area contributed by atoms with Crippen molar-refractivity contribution < 1.29 is 41.8 Å². The summed E-state index contributed by atoms with van der Waals surface area (Å²) in [4.78, 5) is 23.5. The van der Waals surface area contributed by atoms with Crippen LogP contribution >= 0.6 is 0 Å². The van der Waals surface area contributed by atoms with Crippen LogP contribution in [0.25, 0.3) is 6.08 Å². The van der Waals surface area contributed by atoms with Gasteiger partial charge in [0.1, 0.15) is 0 Å². The van der Waals surface area contributed by atoms with Crippen LogP contribution < -0.4 is 14.8 Å². The van der Waals surface area contributed by atoms with Crippen LogP contribution in [0.3, 0.4) is 0 Å². The summed E-state index contributed by atoms with van der Waals surface area (Å²) in [6.07, 6.45) is 10.1. The fraction of sp³-hybridized carbons (Fsp3) is 0.677. The van der Waals surface area contributed by atoms with Gasteiger partial charge in [0.2, 0.25) is 0 Å². The molecule has 1 amide bonds. The molecule has 0 aliphatic rings. The molecule has 1 N–H and O–H groups in total. The molecule has 240 valence electrons. The first-order chi connectivity index (χ1) is 20.4. The van der Waals surface area contributed by atoms with Crippen LogP contribution in [-0.2, 0) is 27.5 Å². The summed E-state index contributed by atoms with van der Waals surface area (Å²) in [5, 5.41) is 2.79. The van der Waals surface area contributed by atoms with Gasteiger partial charge in [-0.2, -0.15) is 0 Å². The van der Waals surface area contributed by atoms with Crippen LogP contribution in [-0.4, -0.2) is 74.2 Å². The van der Waals surface area contributed by atoms with Crippen molar-refractivity contribution in [2.45, 2.75) is 85.1 Å². The number of alkyl carbamates (subject to hydrolysis) is 1. The fourth-order valence-electron chi connectivity index (χ4n) is 4.08. The van der Waals surface area contributed by atoms with Gasteiger partial charge in [-0.1, -0.05) is 25.8 Å². The Bertz CT molecular complexity index is 880. The molecule has 0 spiro atoms. The monoisotopic (exact) mass is 611 g/mol.